The highest BCUT2D eigenvalue weighted by molar-refractivity contribution is 6.28. The van der Waals surface area contributed by atoms with Gasteiger partial charge in [-0.3, -0.25) is 14.0 Å². The summed E-state index contributed by atoms with van der Waals surface area (Å²) < 4.78 is 13.7. The highest BCUT2D eigenvalue weighted by Crippen LogP contribution is 2.52. The Bertz CT molecular complexity index is 1230. The average molecular weight is 495 g/mol. The number of hydrogen-bond acceptors (Lipinski definition) is 5. The number of carbonyl (C=O) groups excluding carboxylic acids is 2. The first kappa shape index (κ1) is 24.9. The molecule has 0 radical (unpaired) electrons. The van der Waals surface area contributed by atoms with Crippen LogP contribution in [0, 0.1) is 0 Å². The van der Waals surface area contributed by atoms with Crippen molar-refractivity contribution in [2.24, 2.45) is 0 Å². The van der Waals surface area contributed by atoms with E-state index in [4.69, 9.17) is 21.3 Å². The van der Waals surface area contributed by atoms with Crippen LogP contribution in [0.25, 0.3) is 16.7 Å². The van der Waals surface area contributed by atoms with Crippen molar-refractivity contribution in [3.8, 4) is 22.6 Å². The van der Waals surface area contributed by atoms with Crippen molar-refractivity contribution >= 4 is 34.9 Å². The molecule has 2 aromatic carbocycles. The zero-order valence-corrected chi connectivity index (χ0v) is 21.6. The number of benzene rings is 2. The fraction of sp³-hybridized carbons (Fsp3) is 0.357. The Morgan fingerprint density at radius 1 is 1.20 bits per heavy atom. The van der Waals surface area contributed by atoms with Crippen LogP contribution < -0.4 is 13.9 Å². The average Bonchev–Trinajstić information content (AvgIpc) is 2.80. The lowest BCUT2D eigenvalue weighted by Crippen LogP contribution is -2.38. The molecule has 4 rings (SSSR count). The first-order valence-electron chi connectivity index (χ1n) is 11.7. The van der Waals surface area contributed by atoms with Gasteiger partial charge in [-0.1, -0.05) is 18.2 Å². The minimum absolute atomic E-state index is 0.0153. The third-order valence-electron chi connectivity index (χ3n) is 6.39. The molecule has 0 fully saturated rings. The topological polar surface area (TPSA) is 59.1 Å². The fourth-order valence-electron chi connectivity index (χ4n) is 4.75. The number of amides is 1. The molecule has 2 heterocycles. The van der Waals surface area contributed by atoms with Gasteiger partial charge in [-0.05, 0) is 56.2 Å². The SMILES string of the molecule is C=CCC1Oc2ccc(OC(=O)CCC(=O)N(C)C)cc2-c2ccc3c(c21)C(C)=CC(C)(C)N3Cl. The molecule has 0 saturated carbocycles. The molecule has 2 aromatic rings. The largest absolute Gasteiger partial charge is 0.485 e. The predicted molar refractivity (Wildman–Crippen MR) is 140 cm³/mol. The summed E-state index contributed by atoms with van der Waals surface area (Å²) in [4.78, 5) is 25.6. The summed E-state index contributed by atoms with van der Waals surface area (Å²) in [7, 11) is 3.32. The molecule has 184 valence electrons. The van der Waals surface area contributed by atoms with E-state index >= 15 is 0 Å². The van der Waals surface area contributed by atoms with Gasteiger partial charge in [0.05, 0.1) is 17.6 Å². The van der Waals surface area contributed by atoms with Crippen LogP contribution >= 0.6 is 11.8 Å². The number of halogens is 1. The number of hydrogen-bond donors (Lipinski definition) is 0. The van der Waals surface area contributed by atoms with Gasteiger partial charge < -0.3 is 14.4 Å². The van der Waals surface area contributed by atoms with E-state index in [2.05, 4.69) is 39.5 Å². The van der Waals surface area contributed by atoms with Gasteiger partial charge in [0.25, 0.3) is 0 Å². The second kappa shape index (κ2) is 9.42. The number of ether oxygens (including phenoxy) is 2. The summed E-state index contributed by atoms with van der Waals surface area (Å²) >= 11 is 6.77. The number of anilines is 1. The first-order chi connectivity index (χ1) is 16.5. The van der Waals surface area contributed by atoms with Crippen LogP contribution in [-0.2, 0) is 9.59 Å². The number of nitrogens with zero attached hydrogens (tertiary/aromatic N) is 2. The van der Waals surface area contributed by atoms with E-state index in [-0.39, 0.29) is 30.4 Å². The highest BCUT2D eigenvalue weighted by atomic mass is 35.5. The van der Waals surface area contributed by atoms with E-state index < -0.39 is 5.97 Å². The Morgan fingerprint density at radius 3 is 2.63 bits per heavy atom. The standard InChI is InChI=1S/C28H31ClN2O4/c1-7-8-23-27-19(10-11-21-26(27)17(2)16-28(3,4)31(21)29)20-15-18(9-12-22(20)35-23)34-25(33)14-13-24(32)30(5)6/h7,9-12,15-16,23H,1,8,13-14H2,2-6H3. The van der Waals surface area contributed by atoms with Crippen LogP contribution in [0.4, 0.5) is 5.69 Å². The van der Waals surface area contributed by atoms with Gasteiger partial charge in [-0.2, -0.15) is 0 Å². The van der Waals surface area contributed by atoms with Crippen LogP contribution in [0.1, 0.15) is 57.3 Å². The molecule has 0 spiro atoms. The Labute approximate surface area is 211 Å². The zero-order chi connectivity index (χ0) is 25.5. The Balaban J connectivity index is 1.73. The molecule has 0 aromatic heterocycles. The molecule has 1 atom stereocenters. The Hall–Kier alpha value is -3.25. The van der Waals surface area contributed by atoms with E-state index in [1.54, 1.807) is 24.6 Å². The van der Waals surface area contributed by atoms with Crippen molar-refractivity contribution in [3.63, 3.8) is 0 Å². The molecule has 0 N–H and O–H groups in total. The van der Waals surface area contributed by atoms with Crippen molar-refractivity contribution < 1.29 is 19.1 Å². The molecular formula is C28H31ClN2O4. The maximum Gasteiger partial charge on any atom is 0.311 e. The maximum absolute atomic E-state index is 12.4. The molecule has 1 unspecified atom stereocenters. The Morgan fingerprint density at radius 2 is 1.94 bits per heavy atom. The second-order valence-electron chi connectivity index (χ2n) is 9.73. The summed E-state index contributed by atoms with van der Waals surface area (Å²) in [6.07, 6.45) is 4.56. The van der Waals surface area contributed by atoms with Crippen LogP contribution in [0.5, 0.6) is 11.5 Å². The minimum atomic E-state index is -0.453. The third-order valence-corrected chi connectivity index (χ3v) is 7.01. The maximum atomic E-state index is 12.4. The summed E-state index contributed by atoms with van der Waals surface area (Å²) in [5, 5.41) is 0. The van der Waals surface area contributed by atoms with Gasteiger partial charge in [0.2, 0.25) is 5.91 Å². The zero-order valence-electron chi connectivity index (χ0n) is 20.9. The Kier molecular flexibility index (Phi) is 6.69. The molecule has 1 amide bonds. The van der Waals surface area contributed by atoms with Crippen LogP contribution in [0.2, 0.25) is 0 Å². The van der Waals surface area contributed by atoms with E-state index in [0.29, 0.717) is 17.9 Å². The van der Waals surface area contributed by atoms with Gasteiger partial charge in [0.15, 0.2) is 0 Å². The van der Waals surface area contributed by atoms with Gasteiger partial charge in [0, 0.05) is 55.4 Å². The number of allylic oxidation sites excluding steroid dienone is 1. The summed E-state index contributed by atoms with van der Waals surface area (Å²) in [6, 6.07) is 9.44. The van der Waals surface area contributed by atoms with Crippen molar-refractivity contribution in [2.75, 3.05) is 18.5 Å². The highest BCUT2D eigenvalue weighted by Gasteiger charge is 2.36. The number of esters is 1. The molecular weight excluding hydrogens is 464 g/mol. The fourth-order valence-corrected chi connectivity index (χ4v) is 4.94. The molecule has 7 heteroatoms. The molecule has 35 heavy (non-hydrogen) atoms. The van der Waals surface area contributed by atoms with Gasteiger partial charge in [0.1, 0.15) is 17.6 Å². The quantitative estimate of drug-likeness (QED) is 0.204. The normalized spacial score (nSPS) is 17.3. The monoisotopic (exact) mass is 494 g/mol. The molecule has 0 saturated heterocycles. The predicted octanol–water partition coefficient (Wildman–Crippen LogP) is 6.29. The lowest BCUT2D eigenvalue weighted by atomic mass is 9.81. The van der Waals surface area contributed by atoms with E-state index in [1.165, 1.54) is 4.90 Å². The van der Waals surface area contributed by atoms with Crippen molar-refractivity contribution in [1.29, 1.82) is 0 Å². The number of rotatable bonds is 6. The molecule has 2 aliphatic rings. The lowest BCUT2D eigenvalue weighted by Gasteiger charge is -2.40. The minimum Gasteiger partial charge on any atom is -0.485 e. The third kappa shape index (κ3) is 4.67. The molecule has 0 aliphatic carbocycles. The van der Waals surface area contributed by atoms with Crippen LogP contribution in [-0.4, -0.2) is 36.4 Å². The van der Waals surface area contributed by atoms with Crippen molar-refractivity contribution in [1.82, 2.24) is 4.90 Å². The van der Waals surface area contributed by atoms with Crippen LogP contribution in [0.3, 0.4) is 0 Å². The smallest absolute Gasteiger partial charge is 0.311 e. The first-order valence-corrected chi connectivity index (χ1v) is 12.0. The number of fused-ring (bicyclic) bond motifs is 5. The summed E-state index contributed by atoms with van der Waals surface area (Å²) in [5.74, 6) is 0.554. The lowest BCUT2D eigenvalue weighted by molar-refractivity contribution is -0.138. The van der Waals surface area contributed by atoms with Crippen molar-refractivity contribution in [2.45, 2.75) is 51.7 Å². The number of carbonyl (C=O) groups is 2. The van der Waals surface area contributed by atoms with E-state index in [0.717, 1.165) is 33.5 Å². The molecule has 0 bridgehead atoms. The van der Waals surface area contributed by atoms with Gasteiger partial charge in [-0.25, -0.2) is 0 Å². The molecule has 2 aliphatic heterocycles. The van der Waals surface area contributed by atoms with Gasteiger partial charge in [-0.15, -0.1) is 6.58 Å². The second-order valence-corrected chi connectivity index (χ2v) is 10.1. The summed E-state index contributed by atoms with van der Waals surface area (Å²) in [6.45, 7) is 10.2. The van der Waals surface area contributed by atoms with Crippen molar-refractivity contribution in [3.05, 3.63) is 60.2 Å². The molecule has 6 nitrogen and oxygen atoms in total. The van der Waals surface area contributed by atoms with E-state index in [9.17, 15) is 9.59 Å². The van der Waals surface area contributed by atoms with Crippen LogP contribution in [0.15, 0.2) is 49.1 Å². The van der Waals surface area contributed by atoms with E-state index in [1.807, 2.05) is 24.3 Å². The van der Waals surface area contributed by atoms with Gasteiger partial charge >= 0.3 is 5.97 Å². The summed E-state index contributed by atoms with van der Waals surface area (Å²) in [5.41, 5.74) is 5.69.